The molecule has 0 aromatic heterocycles. The van der Waals surface area contributed by atoms with Crippen molar-refractivity contribution in [2.24, 2.45) is 0 Å². The fraction of sp³-hybridized carbons (Fsp3) is 0.462. The van der Waals surface area contributed by atoms with Crippen molar-refractivity contribution >= 4 is 17.3 Å². The zero-order valence-electron chi connectivity index (χ0n) is 11.5. The van der Waals surface area contributed by atoms with Gasteiger partial charge in [0.1, 0.15) is 6.61 Å². The van der Waals surface area contributed by atoms with Gasteiger partial charge in [-0.05, 0) is 24.6 Å². The van der Waals surface area contributed by atoms with Crippen molar-refractivity contribution in [2.45, 2.75) is 12.6 Å². The minimum Gasteiger partial charge on any atom is -0.397 e. The molecule has 1 aromatic rings. The lowest BCUT2D eigenvalue weighted by atomic mass is 10.1. The van der Waals surface area contributed by atoms with Crippen LogP contribution in [0.15, 0.2) is 18.2 Å². The van der Waals surface area contributed by atoms with Crippen LogP contribution in [-0.2, 0) is 20.4 Å². The summed E-state index contributed by atoms with van der Waals surface area (Å²) in [5, 5.41) is 2.39. The zero-order chi connectivity index (χ0) is 15.9. The maximum atomic E-state index is 12.5. The van der Waals surface area contributed by atoms with Crippen molar-refractivity contribution in [1.29, 1.82) is 0 Å². The fourth-order valence-corrected chi connectivity index (χ4v) is 1.51. The molecule has 0 spiro atoms. The van der Waals surface area contributed by atoms with E-state index in [-0.39, 0.29) is 18.0 Å². The van der Waals surface area contributed by atoms with Crippen LogP contribution < -0.4 is 11.1 Å². The van der Waals surface area contributed by atoms with Gasteiger partial charge in [-0.15, -0.1) is 0 Å². The highest BCUT2D eigenvalue weighted by molar-refractivity contribution is 5.94. The molecule has 1 aromatic carbocycles. The number of amides is 1. The molecule has 0 radical (unpaired) electrons. The quantitative estimate of drug-likeness (QED) is 0.599. The van der Waals surface area contributed by atoms with Gasteiger partial charge < -0.3 is 20.5 Å². The van der Waals surface area contributed by atoms with E-state index in [4.69, 9.17) is 15.2 Å². The maximum absolute atomic E-state index is 12.5. The van der Waals surface area contributed by atoms with Gasteiger partial charge in [-0.2, -0.15) is 13.2 Å². The molecule has 3 N–H and O–H groups in total. The molecule has 0 fully saturated rings. The van der Waals surface area contributed by atoms with E-state index in [1.165, 1.54) is 0 Å². The first-order chi connectivity index (χ1) is 9.84. The molecule has 0 aliphatic carbocycles. The predicted octanol–water partition coefficient (Wildman–Crippen LogP) is 2.28. The maximum Gasteiger partial charge on any atom is 0.416 e. The van der Waals surface area contributed by atoms with Crippen LogP contribution in [0.3, 0.4) is 0 Å². The number of hydrogen-bond donors (Lipinski definition) is 2. The monoisotopic (exact) mass is 306 g/mol. The summed E-state index contributed by atoms with van der Waals surface area (Å²) in [7, 11) is 1.56. The van der Waals surface area contributed by atoms with Gasteiger partial charge in [-0.3, -0.25) is 4.79 Å². The molecule has 0 bridgehead atoms. The number of benzene rings is 1. The standard InChI is InChI=1S/C13H17F3N2O3/c1-20-5-2-6-21-8-12(19)18-11-4-3-9(7-10(11)17)13(14,15)16/h3-4,7H,2,5-6,8,17H2,1H3,(H,18,19). The molecule has 5 nitrogen and oxygen atoms in total. The Morgan fingerprint density at radius 2 is 2.05 bits per heavy atom. The summed E-state index contributed by atoms with van der Waals surface area (Å²) < 4.78 is 47.3. The van der Waals surface area contributed by atoms with E-state index in [0.29, 0.717) is 19.6 Å². The van der Waals surface area contributed by atoms with E-state index < -0.39 is 17.6 Å². The number of nitrogens with one attached hydrogen (secondary N) is 1. The molecule has 0 unspecified atom stereocenters. The highest BCUT2D eigenvalue weighted by Gasteiger charge is 2.30. The van der Waals surface area contributed by atoms with E-state index in [1.807, 2.05) is 0 Å². The topological polar surface area (TPSA) is 73.6 Å². The smallest absolute Gasteiger partial charge is 0.397 e. The summed E-state index contributed by atoms with van der Waals surface area (Å²) in [6, 6.07) is 2.74. The Hall–Kier alpha value is -1.80. The number of alkyl halides is 3. The molecule has 0 aliphatic heterocycles. The molecule has 1 rings (SSSR count). The van der Waals surface area contributed by atoms with E-state index in [2.05, 4.69) is 5.32 Å². The van der Waals surface area contributed by atoms with Gasteiger partial charge in [0.2, 0.25) is 5.91 Å². The van der Waals surface area contributed by atoms with Crippen molar-refractivity contribution in [3.63, 3.8) is 0 Å². The minimum absolute atomic E-state index is 0.119. The Balaban J connectivity index is 2.49. The zero-order valence-corrected chi connectivity index (χ0v) is 11.5. The number of anilines is 2. The summed E-state index contributed by atoms with van der Waals surface area (Å²) in [5.41, 5.74) is 4.59. The SMILES string of the molecule is COCCCOCC(=O)Nc1ccc(C(F)(F)F)cc1N. The van der Waals surface area contributed by atoms with Gasteiger partial charge in [0.15, 0.2) is 0 Å². The van der Waals surface area contributed by atoms with Gasteiger partial charge in [0.05, 0.1) is 16.9 Å². The van der Waals surface area contributed by atoms with Crippen LogP contribution >= 0.6 is 0 Å². The lowest BCUT2D eigenvalue weighted by Crippen LogP contribution is -2.20. The van der Waals surface area contributed by atoms with Gasteiger partial charge in [-0.1, -0.05) is 0 Å². The van der Waals surface area contributed by atoms with Crippen molar-refractivity contribution in [3.05, 3.63) is 23.8 Å². The number of halogens is 3. The van der Waals surface area contributed by atoms with Crippen LogP contribution in [0.25, 0.3) is 0 Å². The van der Waals surface area contributed by atoms with Gasteiger partial charge in [0.25, 0.3) is 0 Å². The van der Waals surface area contributed by atoms with E-state index in [1.54, 1.807) is 7.11 Å². The Kier molecular flexibility index (Phi) is 6.44. The molecular formula is C13H17F3N2O3. The van der Waals surface area contributed by atoms with Crippen molar-refractivity contribution in [3.8, 4) is 0 Å². The lowest BCUT2D eigenvalue weighted by molar-refractivity contribution is -0.137. The molecule has 0 aliphatic rings. The van der Waals surface area contributed by atoms with E-state index >= 15 is 0 Å². The molecule has 8 heteroatoms. The first kappa shape index (κ1) is 17.3. The van der Waals surface area contributed by atoms with Crippen LogP contribution in [-0.4, -0.2) is 32.8 Å². The van der Waals surface area contributed by atoms with Gasteiger partial charge in [-0.25, -0.2) is 0 Å². The van der Waals surface area contributed by atoms with E-state index in [0.717, 1.165) is 18.2 Å². The second-order valence-electron chi connectivity index (χ2n) is 4.25. The summed E-state index contributed by atoms with van der Waals surface area (Å²) in [6.07, 6.45) is -3.83. The summed E-state index contributed by atoms with van der Waals surface area (Å²) >= 11 is 0. The third-order valence-electron chi connectivity index (χ3n) is 2.52. The third-order valence-corrected chi connectivity index (χ3v) is 2.52. The van der Waals surface area contributed by atoms with Gasteiger partial charge in [0, 0.05) is 20.3 Å². The Bertz CT molecular complexity index is 478. The Morgan fingerprint density at radius 3 is 2.62 bits per heavy atom. The Morgan fingerprint density at radius 1 is 1.33 bits per heavy atom. The molecule has 21 heavy (non-hydrogen) atoms. The van der Waals surface area contributed by atoms with E-state index in [9.17, 15) is 18.0 Å². The number of hydrogen-bond acceptors (Lipinski definition) is 4. The molecule has 1 amide bonds. The lowest BCUT2D eigenvalue weighted by Gasteiger charge is -2.12. The molecular weight excluding hydrogens is 289 g/mol. The van der Waals surface area contributed by atoms with Crippen LogP contribution in [0.1, 0.15) is 12.0 Å². The molecule has 0 saturated heterocycles. The normalized spacial score (nSPS) is 11.4. The van der Waals surface area contributed by atoms with Crippen molar-refractivity contribution < 1.29 is 27.4 Å². The van der Waals surface area contributed by atoms with Crippen molar-refractivity contribution in [1.82, 2.24) is 0 Å². The number of carbonyl (C=O) groups excluding carboxylic acids is 1. The van der Waals surface area contributed by atoms with Crippen LogP contribution in [0.4, 0.5) is 24.5 Å². The minimum atomic E-state index is -4.47. The summed E-state index contributed by atoms with van der Waals surface area (Å²) in [6.45, 7) is 0.668. The Labute approximate surface area is 120 Å². The van der Waals surface area contributed by atoms with Crippen LogP contribution in [0.5, 0.6) is 0 Å². The summed E-state index contributed by atoms with van der Waals surface area (Å²) in [4.78, 5) is 11.5. The highest BCUT2D eigenvalue weighted by Crippen LogP contribution is 2.32. The number of ether oxygens (including phenoxy) is 2. The molecule has 118 valence electrons. The number of nitrogen functional groups attached to an aromatic ring is 1. The summed E-state index contributed by atoms with van der Waals surface area (Å²) in [5.74, 6) is -0.487. The number of carbonyl (C=O) groups is 1. The van der Waals surface area contributed by atoms with Crippen LogP contribution in [0, 0.1) is 0 Å². The largest absolute Gasteiger partial charge is 0.416 e. The highest BCUT2D eigenvalue weighted by atomic mass is 19.4. The predicted molar refractivity (Wildman–Crippen MR) is 71.8 cm³/mol. The molecule has 0 heterocycles. The fourth-order valence-electron chi connectivity index (χ4n) is 1.51. The van der Waals surface area contributed by atoms with Crippen LogP contribution in [0.2, 0.25) is 0 Å². The average Bonchev–Trinajstić information content (AvgIpc) is 2.39. The molecule has 0 saturated carbocycles. The number of nitrogens with two attached hydrogens (primary N) is 1. The third kappa shape index (κ3) is 6.01. The first-order valence-corrected chi connectivity index (χ1v) is 6.18. The van der Waals surface area contributed by atoms with Crippen molar-refractivity contribution in [2.75, 3.05) is 38.0 Å². The van der Waals surface area contributed by atoms with Gasteiger partial charge >= 0.3 is 6.18 Å². The molecule has 0 atom stereocenters. The average molecular weight is 306 g/mol. The number of methoxy groups -OCH3 is 1. The number of rotatable bonds is 7. The first-order valence-electron chi connectivity index (χ1n) is 6.18. The second kappa shape index (κ2) is 7.84. The second-order valence-corrected chi connectivity index (χ2v) is 4.25.